The van der Waals surface area contributed by atoms with Gasteiger partial charge in [-0.05, 0) is 55.8 Å². The molecule has 20 heavy (non-hydrogen) atoms. The molecule has 0 aromatic carbocycles. The fraction of sp³-hybridized carbons (Fsp3) is 0.929. The monoisotopic (exact) mass is 291 g/mol. The molecule has 0 aromatic rings. The summed E-state index contributed by atoms with van der Waals surface area (Å²) in [6.07, 6.45) is 0.495. The Morgan fingerprint density at radius 2 is 1.60 bits per heavy atom. The number of hydrogen-bond acceptors (Lipinski definition) is 2. The molecule has 1 amide bonds. The van der Waals surface area contributed by atoms with Crippen LogP contribution in [0.1, 0.15) is 32.1 Å². The molecule has 0 atom stereocenters. The second-order valence-corrected chi connectivity index (χ2v) is 6.70. The third kappa shape index (κ3) is 2.61. The van der Waals surface area contributed by atoms with Gasteiger partial charge in [-0.1, -0.05) is 0 Å². The van der Waals surface area contributed by atoms with Crippen molar-refractivity contribution in [1.82, 2.24) is 4.90 Å². The molecule has 0 unspecified atom stereocenters. The minimum absolute atomic E-state index is 0.0727. The maximum absolute atomic E-state index is 12.1. The van der Waals surface area contributed by atoms with Crippen molar-refractivity contribution in [3.63, 3.8) is 0 Å². The SMILES string of the molecule is CN(C(=O)OCC(F)(F)F)C1C2CC3CC(C2)CC1C3. The van der Waals surface area contributed by atoms with Gasteiger partial charge < -0.3 is 9.64 Å². The van der Waals surface area contributed by atoms with Crippen LogP contribution < -0.4 is 0 Å². The van der Waals surface area contributed by atoms with Gasteiger partial charge in [0.25, 0.3) is 0 Å². The van der Waals surface area contributed by atoms with E-state index >= 15 is 0 Å². The standard InChI is InChI=1S/C14H20F3NO2/c1-18(13(19)20-7-14(15,16)17)12-10-3-8-2-9(5-10)6-11(12)4-8/h8-12H,2-7H2,1H3. The lowest BCUT2D eigenvalue weighted by Gasteiger charge is -2.56. The maximum Gasteiger partial charge on any atom is 0.422 e. The van der Waals surface area contributed by atoms with Crippen molar-refractivity contribution in [3.8, 4) is 0 Å². The number of rotatable bonds is 2. The Bertz CT molecular complexity index is 368. The van der Waals surface area contributed by atoms with Gasteiger partial charge in [0.05, 0.1) is 0 Å². The molecule has 0 aliphatic heterocycles. The van der Waals surface area contributed by atoms with Crippen molar-refractivity contribution >= 4 is 6.09 Å². The topological polar surface area (TPSA) is 29.5 Å². The Hall–Kier alpha value is -0.940. The van der Waals surface area contributed by atoms with Gasteiger partial charge in [-0.2, -0.15) is 13.2 Å². The zero-order valence-electron chi connectivity index (χ0n) is 11.5. The smallest absolute Gasteiger partial charge is 0.422 e. The Labute approximate surface area is 116 Å². The summed E-state index contributed by atoms with van der Waals surface area (Å²) in [4.78, 5) is 13.2. The van der Waals surface area contributed by atoms with Gasteiger partial charge in [0.15, 0.2) is 6.61 Å². The molecule has 0 heterocycles. The molecule has 114 valence electrons. The van der Waals surface area contributed by atoms with Gasteiger partial charge in [-0.25, -0.2) is 4.79 Å². The normalized spacial score (nSPS) is 38.9. The average Bonchev–Trinajstić information content (AvgIpc) is 2.33. The van der Waals surface area contributed by atoms with E-state index in [0.29, 0.717) is 11.8 Å². The van der Waals surface area contributed by atoms with Gasteiger partial charge in [0.1, 0.15) is 0 Å². The van der Waals surface area contributed by atoms with Crippen LogP contribution >= 0.6 is 0 Å². The van der Waals surface area contributed by atoms with Gasteiger partial charge in [0, 0.05) is 13.1 Å². The molecule has 4 rings (SSSR count). The van der Waals surface area contributed by atoms with Crippen molar-refractivity contribution in [2.75, 3.05) is 13.7 Å². The zero-order chi connectivity index (χ0) is 14.5. The lowest BCUT2D eigenvalue weighted by Crippen LogP contribution is -2.56. The number of hydrogen-bond donors (Lipinski definition) is 0. The average molecular weight is 291 g/mol. The minimum atomic E-state index is -4.46. The van der Waals surface area contributed by atoms with Crippen LogP contribution in [0.3, 0.4) is 0 Å². The Morgan fingerprint density at radius 1 is 1.10 bits per heavy atom. The van der Waals surface area contributed by atoms with Crippen molar-refractivity contribution < 1.29 is 22.7 Å². The molecule has 4 bridgehead atoms. The van der Waals surface area contributed by atoms with E-state index in [9.17, 15) is 18.0 Å². The highest BCUT2D eigenvalue weighted by Gasteiger charge is 2.50. The highest BCUT2D eigenvalue weighted by Crippen LogP contribution is 2.55. The molecule has 0 N–H and O–H groups in total. The summed E-state index contributed by atoms with van der Waals surface area (Å²) in [7, 11) is 1.59. The van der Waals surface area contributed by atoms with E-state index in [1.54, 1.807) is 7.05 Å². The fourth-order valence-electron chi connectivity index (χ4n) is 4.90. The first-order valence-corrected chi connectivity index (χ1v) is 7.30. The minimum Gasteiger partial charge on any atom is -0.440 e. The predicted molar refractivity (Wildman–Crippen MR) is 66.0 cm³/mol. The Kier molecular flexibility index (Phi) is 3.37. The van der Waals surface area contributed by atoms with Crippen LogP contribution in [-0.4, -0.2) is 36.9 Å². The summed E-state index contributed by atoms with van der Waals surface area (Å²) in [6, 6.07) is 0.0727. The molecule has 0 saturated heterocycles. The highest BCUT2D eigenvalue weighted by atomic mass is 19.4. The Morgan fingerprint density at radius 3 is 2.05 bits per heavy atom. The number of alkyl halides is 3. The summed E-state index contributed by atoms with van der Waals surface area (Å²) < 4.78 is 40.7. The van der Waals surface area contributed by atoms with Crippen molar-refractivity contribution in [2.45, 2.75) is 44.3 Å². The van der Waals surface area contributed by atoms with Crippen LogP contribution in [0, 0.1) is 23.7 Å². The molecule has 0 aromatic heterocycles. The zero-order valence-corrected chi connectivity index (χ0v) is 11.5. The number of nitrogens with zero attached hydrogens (tertiary/aromatic N) is 1. The number of ether oxygens (including phenoxy) is 1. The first-order chi connectivity index (χ1) is 9.33. The van der Waals surface area contributed by atoms with E-state index in [1.807, 2.05) is 0 Å². The van der Waals surface area contributed by atoms with Crippen LogP contribution in [0.2, 0.25) is 0 Å². The first-order valence-electron chi connectivity index (χ1n) is 7.30. The third-order valence-corrected chi connectivity index (χ3v) is 5.27. The van der Waals surface area contributed by atoms with Crippen molar-refractivity contribution in [3.05, 3.63) is 0 Å². The summed E-state index contributed by atoms with van der Waals surface area (Å²) in [5, 5.41) is 0. The third-order valence-electron chi connectivity index (χ3n) is 5.27. The molecule has 3 nitrogen and oxygen atoms in total. The fourth-order valence-corrected chi connectivity index (χ4v) is 4.90. The molecular weight excluding hydrogens is 271 g/mol. The highest BCUT2D eigenvalue weighted by molar-refractivity contribution is 5.67. The van der Waals surface area contributed by atoms with Crippen molar-refractivity contribution in [1.29, 1.82) is 0 Å². The molecule has 4 fully saturated rings. The number of carbonyl (C=O) groups excluding carboxylic acids is 1. The number of amides is 1. The molecule has 4 aliphatic carbocycles. The largest absolute Gasteiger partial charge is 0.440 e. The Balaban J connectivity index is 1.62. The lowest BCUT2D eigenvalue weighted by molar-refractivity contribution is -0.164. The van der Waals surface area contributed by atoms with Crippen LogP contribution in [0.4, 0.5) is 18.0 Å². The summed E-state index contributed by atoms with van der Waals surface area (Å²) in [5.41, 5.74) is 0. The molecule has 6 heteroatoms. The number of carbonyl (C=O) groups is 1. The lowest BCUT2D eigenvalue weighted by atomic mass is 9.54. The van der Waals surface area contributed by atoms with Crippen LogP contribution in [0.5, 0.6) is 0 Å². The van der Waals surface area contributed by atoms with E-state index in [0.717, 1.165) is 37.5 Å². The van der Waals surface area contributed by atoms with Crippen molar-refractivity contribution in [2.24, 2.45) is 23.7 Å². The van der Waals surface area contributed by atoms with E-state index in [2.05, 4.69) is 4.74 Å². The molecule has 0 spiro atoms. The first kappa shape index (κ1) is 14.0. The van der Waals surface area contributed by atoms with Crippen LogP contribution in [0.15, 0.2) is 0 Å². The molecule has 0 radical (unpaired) electrons. The summed E-state index contributed by atoms with van der Waals surface area (Å²) in [6.45, 7) is -1.50. The second-order valence-electron chi connectivity index (χ2n) is 6.70. The van der Waals surface area contributed by atoms with Crippen LogP contribution in [0.25, 0.3) is 0 Å². The molecule has 4 aliphatic rings. The molecule has 4 saturated carbocycles. The molecular formula is C14H20F3NO2. The van der Waals surface area contributed by atoms with E-state index in [1.165, 1.54) is 11.3 Å². The van der Waals surface area contributed by atoms with Gasteiger partial charge in [-0.15, -0.1) is 0 Å². The predicted octanol–water partition coefficient (Wildman–Crippen LogP) is 3.44. The van der Waals surface area contributed by atoms with E-state index < -0.39 is 18.9 Å². The van der Waals surface area contributed by atoms with Gasteiger partial charge >= 0.3 is 12.3 Å². The van der Waals surface area contributed by atoms with E-state index in [-0.39, 0.29) is 6.04 Å². The summed E-state index contributed by atoms with van der Waals surface area (Å²) >= 11 is 0. The maximum atomic E-state index is 12.1. The summed E-state index contributed by atoms with van der Waals surface area (Å²) in [5.74, 6) is 2.45. The number of halogens is 3. The van der Waals surface area contributed by atoms with Gasteiger partial charge in [-0.3, -0.25) is 0 Å². The van der Waals surface area contributed by atoms with Gasteiger partial charge in [0.2, 0.25) is 0 Å². The van der Waals surface area contributed by atoms with E-state index in [4.69, 9.17) is 0 Å². The second kappa shape index (κ2) is 4.81. The quantitative estimate of drug-likeness (QED) is 0.780. The van der Waals surface area contributed by atoms with Crippen LogP contribution in [-0.2, 0) is 4.74 Å².